The highest BCUT2D eigenvalue weighted by molar-refractivity contribution is 7.17. The summed E-state index contributed by atoms with van der Waals surface area (Å²) < 4.78 is 7.00. The van der Waals surface area contributed by atoms with Gasteiger partial charge in [0.15, 0.2) is 0 Å². The van der Waals surface area contributed by atoms with E-state index in [2.05, 4.69) is 34.5 Å². The van der Waals surface area contributed by atoms with E-state index in [0.717, 1.165) is 19.5 Å². The number of hydrogen-bond acceptors (Lipinski definition) is 4. The Balaban J connectivity index is 1.54. The third-order valence-electron chi connectivity index (χ3n) is 5.21. The Labute approximate surface area is 135 Å². The van der Waals surface area contributed by atoms with E-state index in [9.17, 15) is 5.11 Å². The molecule has 0 saturated carbocycles. The molecule has 1 N–H and O–H groups in total. The monoisotopic (exact) mass is 317 g/mol. The molecule has 3 atom stereocenters. The zero-order valence-corrected chi connectivity index (χ0v) is 13.6. The summed E-state index contributed by atoms with van der Waals surface area (Å²) in [5, 5.41) is 14.0. The molecule has 2 fully saturated rings. The molecule has 0 amide bonds. The molecule has 0 spiro atoms. The fraction of sp³-hybridized carbons (Fsp3) is 0.556. The molecule has 3 nitrogen and oxygen atoms in total. The number of nitrogens with zero attached hydrogens (tertiary/aromatic N) is 1. The molecule has 2 aliphatic rings. The van der Waals surface area contributed by atoms with Gasteiger partial charge in [0.05, 0.1) is 12.7 Å². The van der Waals surface area contributed by atoms with Gasteiger partial charge in [0.25, 0.3) is 0 Å². The van der Waals surface area contributed by atoms with Crippen LogP contribution in [0.1, 0.15) is 24.8 Å². The van der Waals surface area contributed by atoms with Crippen LogP contribution in [0.25, 0.3) is 10.1 Å². The van der Waals surface area contributed by atoms with Crippen molar-refractivity contribution in [2.45, 2.75) is 38.0 Å². The topological polar surface area (TPSA) is 32.7 Å². The van der Waals surface area contributed by atoms with Crippen molar-refractivity contribution in [3.8, 4) is 0 Å². The molecule has 4 rings (SSSR count). The first-order chi connectivity index (χ1) is 10.8. The van der Waals surface area contributed by atoms with Gasteiger partial charge >= 0.3 is 0 Å². The lowest BCUT2D eigenvalue weighted by atomic mass is 9.89. The predicted molar refractivity (Wildman–Crippen MR) is 90.2 cm³/mol. The molecule has 1 aromatic heterocycles. The molecule has 1 aromatic carbocycles. The molecule has 4 heteroatoms. The minimum atomic E-state index is -0.196. The van der Waals surface area contributed by atoms with Gasteiger partial charge < -0.3 is 9.84 Å². The Morgan fingerprint density at radius 3 is 3.09 bits per heavy atom. The van der Waals surface area contributed by atoms with Gasteiger partial charge in [0, 0.05) is 29.8 Å². The maximum Gasteiger partial charge on any atom is 0.0627 e. The maximum atomic E-state index is 10.3. The first-order valence-electron chi connectivity index (χ1n) is 8.28. The molecule has 22 heavy (non-hydrogen) atoms. The van der Waals surface area contributed by atoms with Crippen molar-refractivity contribution in [1.29, 1.82) is 0 Å². The van der Waals surface area contributed by atoms with Crippen LogP contribution in [0.3, 0.4) is 0 Å². The highest BCUT2D eigenvalue weighted by Crippen LogP contribution is 2.33. The summed E-state index contributed by atoms with van der Waals surface area (Å²) in [6.45, 7) is 3.56. The van der Waals surface area contributed by atoms with Gasteiger partial charge in [-0.1, -0.05) is 18.2 Å². The summed E-state index contributed by atoms with van der Waals surface area (Å²) in [5.41, 5.74) is 1.43. The number of likely N-dealkylation sites (tertiary alicyclic amines) is 1. The van der Waals surface area contributed by atoms with Crippen molar-refractivity contribution in [1.82, 2.24) is 4.90 Å². The molecular weight excluding hydrogens is 294 g/mol. The number of aliphatic hydroxyl groups is 1. The highest BCUT2D eigenvalue weighted by atomic mass is 32.1. The fourth-order valence-corrected chi connectivity index (χ4v) is 4.98. The summed E-state index contributed by atoms with van der Waals surface area (Å²) in [7, 11) is 0. The molecule has 2 aliphatic heterocycles. The lowest BCUT2D eigenvalue weighted by Crippen LogP contribution is -2.45. The first kappa shape index (κ1) is 14.6. The minimum Gasteiger partial charge on any atom is -0.393 e. The van der Waals surface area contributed by atoms with E-state index in [0.29, 0.717) is 19.3 Å². The average molecular weight is 317 g/mol. The molecule has 3 heterocycles. The summed E-state index contributed by atoms with van der Waals surface area (Å²) in [5.74, 6) is 0.279. The third kappa shape index (κ3) is 2.69. The van der Waals surface area contributed by atoms with Crippen LogP contribution in [0, 0.1) is 5.92 Å². The molecule has 2 aromatic rings. The van der Waals surface area contributed by atoms with Crippen molar-refractivity contribution >= 4 is 21.4 Å². The van der Waals surface area contributed by atoms with E-state index in [1.165, 1.54) is 28.5 Å². The van der Waals surface area contributed by atoms with Crippen molar-refractivity contribution < 1.29 is 9.84 Å². The van der Waals surface area contributed by atoms with Gasteiger partial charge in [-0.25, -0.2) is 0 Å². The standard InChI is InChI=1S/C18H23NO2S/c20-17-7-9-21-11-15(17)16-5-3-8-19(16)10-13-12-22-18-6-2-1-4-14(13)18/h1-2,4,6,12,15-17,20H,3,5,7-11H2. The zero-order valence-electron chi connectivity index (χ0n) is 12.8. The van der Waals surface area contributed by atoms with Crippen LogP contribution in [-0.4, -0.2) is 41.9 Å². The number of hydrogen-bond donors (Lipinski definition) is 1. The maximum absolute atomic E-state index is 10.3. The van der Waals surface area contributed by atoms with Crippen LogP contribution >= 0.6 is 11.3 Å². The Morgan fingerprint density at radius 2 is 2.18 bits per heavy atom. The predicted octanol–water partition coefficient (Wildman–Crippen LogP) is 3.26. The van der Waals surface area contributed by atoms with Gasteiger partial charge in [0.2, 0.25) is 0 Å². The summed E-state index contributed by atoms with van der Waals surface area (Å²) >= 11 is 1.83. The second-order valence-corrected chi connectivity index (χ2v) is 7.44. The number of thiophene rings is 1. The molecule has 0 radical (unpaired) electrons. The largest absolute Gasteiger partial charge is 0.393 e. The lowest BCUT2D eigenvalue weighted by Gasteiger charge is -2.37. The van der Waals surface area contributed by atoms with E-state index >= 15 is 0 Å². The quantitative estimate of drug-likeness (QED) is 0.943. The van der Waals surface area contributed by atoms with E-state index in [4.69, 9.17) is 4.74 Å². The minimum absolute atomic E-state index is 0.196. The van der Waals surface area contributed by atoms with Crippen LogP contribution in [-0.2, 0) is 11.3 Å². The van der Waals surface area contributed by atoms with E-state index in [1.54, 1.807) is 0 Å². The molecular formula is C18H23NO2S. The summed E-state index contributed by atoms with van der Waals surface area (Å²) in [6, 6.07) is 9.12. The van der Waals surface area contributed by atoms with Crippen LogP contribution in [0.5, 0.6) is 0 Å². The van der Waals surface area contributed by atoms with Crippen LogP contribution < -0.4 is 0 Å². The number of benzene rings is 1. The Kier molecular flexibility index (Phi) is 4.18. The van der Waals surface area contributed by atoms with Crippen molar-refractivity contribution in [2.75, 3.05) is 19.8 Å². The van der Waals surface area contributed by atoms with Gasteiger partial charge in [-0.15, -0.1) is 11.3 Å². The third-order valence-corrected chi connectivity index (χ3v) is 6.22. The Morgan fingerprint density at radius 1 is 1.27 bits per heavy atom. The SMILES string of the molecule is OC1CCOCC1C1CCCN1Cc1csc2ccccc12. The number of aliphatic hydroxyl groups excluding tert-OH is 1. The van der Waals surface area contributed by atoms with Gasteiger partial charge in [-0.05, 0) is 48.2 Å². The van der Waals surface area contributed by atoms with Crippen LogP contribution in [0.15, 0.2) is 29.6 Å². The second-order valence-electron chi connectivity index (χ2n) is 6.53. The highest BCUT2D eigenvalue weighted by Gasteiger charge is 2.37. The molecule has 2 saturated heterocycles. The summed E-state index contributed by atoms with van der Waals surface area (Å²) in [6.07, 6.45) is 3.01. The Hall–Kier alpha value is -0.940. The lowest BCUT2D eigenvalue weighted by molar-refractivity contribution is -0.0635. The number of fused-ring (bicyclic) bond motifs is 1. The smallest absolute Gasteiger partial charge is 0.0627 e. The number of rotatable bonds is 3. The van der Waals surface area contributed by atoms with E-state index < -0.39 is 0 Å². The molecule has 0 bridgehead atoms. The van der Waals surface area contributed by atoms with Crippen molar-refractivity contribution in [3.63, 3.8) is 0 Å². The fourth-order valence-electron chi connectivity index (χ4n) is 4.02. The van der Waals surface area contributed by atoms with Gasteiger partial charge in [-0.2, -0.15) is 0 Å². The molecule has 0 aliphatic carbocycles. The van der Waals surface area contributed by atoms with Crippen LogP contribution in [0.2, 0.25) is 0 Å². The normalized spacial score (nSPS) is 30.1. The molecule has 118 valence electrons. The Bertz CT molecular complexity index is 641. The first-order valence-corrected chi connectivity index (χ1v) is 9.16. The average Bonchev–Trinajstić information content (AvgIpc) is 3.16. The van der Waals surface area contributed by atoms with Gasteiger partial charge in [-0.3, -0.25) is 4.90 Å². The van der Waals surface area contributed by atoms with Crippen LogP contribution in [0.4, 0.5) is 0 Å². The van der Waals surface area contributed by atoms with Gasteiger partial charge in [0.1, 0.15) is 0 Å². The van der Waals surface area contributed by atoms with Crippen molar-refractivity contribution in [2.24, 2.45) is 5.92 Å². The zero-order chi connectivity index (χ0) is 14.9. The van der Waals surface area contributed by atoms with E-state index in [1.807, 2.05) is 11.3 Å². The second kappa shape index (κ2) is 6.28. The summed E-state index contributed by atoms with van der Waals surface area (Å²) in [4.78, 5) is 2.57. The molecule has 3 unspecified atom stereocenters. The van der Waals surface area contributed by atoms with Crippen molar-refractivity contribution in [3.05, 3.63) is 35.2 Å². The van der Waals surface area contributed by atoms with E-state index in [-0.39, 0.29) is 12.0 Å². The number of ether oxygens (including phenoxy) is 1.